The summed E-state index contributed by atoms with van der Waals surface area (Å²) >= 11 is 6.50. The zero-order chi connectivity index (χ0) is 19.8. The van der Waals surface area contributed by atoms with E-state index in [9.17, 15) is 10.2 Å². The van der Waals surface area contributed by atoms with E-state index in [-0.39, 0.29) is 18.2 Å². The van der Waals surface area contributed by atoms with Gasteiger partial charge in [-0.05, 0) is 58.3 Å². The van der Waals surface area contributed by atoms with Crippen molar-refractivity contribution in [3.8, 4) is 0 Å². The Hall–Kier alpha value is -1.41. The molecule has 28 heavy (non-hydrogen) atoms. The first kappa shape index (κ1) is 18.6. The average Bonchev–Trinajstić information content (AvgIpc) is 3.06. The van der Waals surface area contributed by atoms with E-state index in [1.807, 2.05) is 13.3 Å². The predicted molar refractivity (Wildman–Crippen MR) is 106 cm³/mol. The molecular weight excluding hydrogens is 380 g/mol. The largest absolute Gasteiger partial charge is 0.388 e. The number of pyridine rings is 1. The highest BCUT2D eigenvalue weighted by Gasteiger charge is 2.51. The Labute approximate surface area is 169 Å². The van der Waals surface area contributed by atoms with Gasteiger partial charge in [0, 0.05) is 11.6 Å². The number of hydrogen-bond donors (Lipinski definition) is 3. The van der Waals surface area contributed by atoms with E-state index in [0.717, 1.165) is 24.0 Å². The van der Waals surface area contributed by atoms with Crippen LogP contribution < -0.4 is 5.32 Å². The number of ether oxygens (including phenoxy) is 1. The van der Waals surface area contributed by atoms with Gasteiger partial charge in [-0.15, -0.1) is 0 Å². The topological polar surface area (TPSA) is 92.4 Å². The number of rotatable bonds is 3. The Kier molecular flexibility index (Phi) is 4.18. The van der Waals surface area contributed by atoms with Crippen molar-refractivity contribution in [3.05, 3.63) is 17.0 Å². The third kappa shape index (κ3) is 2.83. The molecule has 0 radical (unpaired) electrons. The smallest absolute Gasteiger partial charge is 0.164 e. The van der Waals surface area contributed by atoms with Gasteiger partial charge in [0.05, 0.1) is 30.3 Å². The van der Waals surface area contributed by atoms with Gasteiger partial charge in [0.15, 0.2) is 11.4 Å². The molecule has 0 aromatic carbocycles. The van der Waals surface area contributed by atoms with Crippen molar-refractivity contribution in [1.29, 1.82) is 0 Å². The number of imidazole rings is 1. The Bertz CT molecular complexity index is 924. The number of nitrogens with one attached hydrogen (secondary N) is 1. The quantitative estimate of drug-likeness (QED) is 0.534. The molecule has 2 aromatic heterocycles. The lowest BCUT2D eigenvalue weighted by Crippen LogP contribution is -2.35. The van der Waals surface area contributed by atoms with Crippen LogP contribution in [0.1, 0.15) is 64.2 Å². The molecule has 2 fully saturated rings. The van der Waals surface area contributed by atoms with Crippen molar-refractivity contribution in [1.82, 2.24) is 14.5 Å². The molecule has 152 valence electrons. The highest BCUT2D eigenvalue weighted by Crippen LogP contribution is 2.55. The minimum Gasteiger partial charge on any atom is -0.388 e. The highest BCUT2D eigenvalue weighted by atomic mass is 35.5. The van der Waals surface area contributed by atoms with Gasteiger partial charge in [0.2, 0.25) is 0 Å². The normalized spacial score (nSPS) is 34.6. The molecule has 0 spiro atoms. The maximum Gasteiger partial charge on any atom is 0.164 e. The summed E-state index contributed by atoms with van der Waals surface area (Å²) in [5.74, 6) is -0.0734. The van der Waals surface area contributed by atoms with Gasteiger partial charge in [-0.3, -0.25) is 0 Å². The number of nitrogens with zero attached hydrogens (tertiary/aromatic N) is 3. The third-order valence-corrected chi connectivity index (χ3v) is 6.88. The number of aliphatic hydroxyl groups is 2. The van der Waals surface area contributed by atoms with Gasteiger partial charge in [-0.1, -0.05) is 11.6 Å². The number of anilines is 1. The SMILES string of the molecule is CC1CC(O)c2c(Cl)nc3c(ncn3[C@@H]3[C@H]4CC[C@H]4C[C@H]3OC(C)(C)O)c2N1. The Morgan fingerprint density at radius 1 is 1.32 bits per heavy atom. The maximum atomic E-state index is 10.5. The summed E-state index contributed by atoms with van der Waals surface area (Å²) in [6, 6.07) is 0.200. The van der Waals surface area contributed by atoms with E-state index in [2.05, 4.69) is 19.9 Å². The van der Waals surface area contributed by atoms with Crippen LogP contribution in [0.3, 0.4) is 0 Å². The molecule has 6 atom stereocenters. The minimum atomic E-state index is -1.19. The maximum absolute atomic E-state index is 10.5. The minimum absolute atomic E-state index is 0.0720. The van der Waals surface area contributed by atoms with Gasteiger partial charge in [-0.25, -0.2) is 9.97 Å². The zero-order valence-corrected chi connectivity index (χ0v) is 17.1. The summed E-state index contributed by atoms with van der Waals surface area (Å²) in [7, 11) is 0. The van der Waals surface area contributed by atoms with Crippen molar-refractivity contribution >= 4 is 28.5 Å². The number of aliphatic hydroxyl groups excluding tert-OH is 1. The van der Waals surface area contributed by atoms with Crippen LogP contribution in [-0.4, -0.2) is 42.7 Å². The van der Waals surface area contributed by atoms with Crippen molar-refractivity contribution < 1.29 is 14.9 Å². The van der Waals surface area contributed by atoms with Crippen LogP contribution in [0.4, 0.5) is 5.69 Å². The van der Waals surface area contributed by atoms with E-state index >= 15 is 0 Å². The fraction of sp³-hybridized carbons (Fsp3) is 0.700. The summed E-state index contributed by atoms with van der Waals surface area (Å²) in [6.07, 6.45) is 4.95. The van der Waals surface area contributed by atoms with E-state index in [1.165, 1.54) is 6.42 Å². The van der Waals surface area contributed by atoms with Gasteiger partial charge in [-0.2, -0.15) is 0 Å². The van der Waals surface area contributed by atoms with E-state index < -0.39 is 11.9 Å². The number of fused-ring (bicyclic) bond motifs is 4. The molecule has 5 rings (SSSR count). The number of hydrogen-bond acceptors (Lipinski definition) is 6. The third-order valence-electron chi connectivity index (χ3n) is 6.59. The van der Waals surface area contributed by atoms with Crippen LogP contribution in [0.15, 0.2) is 6.33 Å². The molecule has 2 saturated carbocycles. The van der Waals surface area contributed by atoms with Crippen LogP contribution in [0.25, 0.3) is 11.2 Å². The van der Waals surface area contributed by atoms with Gasteiger partial charge in [0.1, 0.15) is 10.7 Å². The van der Waals surface area contributed by atoms with Crippen molar-refractivity contribution in [2.24, 2.45) is 11.8 Å². The molecule has 3 N–H and O–H groups in total. The monoisotopic (exact) mass is 406 g/mol. The second-order valence-electron chi connectivity index (χ2n) is 9.14. The van der Waals surface area contributed by atoms with E-state index in [0.29, 0.717) is 34.6 Å². The first-order chi connectivity index (χ1) is 13.2. The Morgan fingerprint density at radius 2 is 2.11 bits per heavy atom. The molecule has 0 bridgehead atoms. The van der Waals surface area contributed by atoms with E-state index in [4.69, 9.17) is 16.3 Å². The van der Waals surface area contributed by atoms with Crippen LogP contribution in [0, 0.1) is 11.8 Å². The van der Waals surface area contributed by atoms with Crippen LogP contribution in [0.5, 0.6) is 0 Å². The van der Waals surface area contributed by atoms with E-state index in [1.54, 1.807) is 13.8 Å². The lowest BCUT2D eigenvalue weighted by Gasteiger charge is -2.35. The van der Waals surface area contributed by atoms with Gasteiger partial charge < -0.3 is 24.8 Å². The first-order valence-corrected chi connectivity index (χ1v) is 10.5. The summed E-state index contributed by atoms with van der Waals surface area (Å²) in [6.45, 7) is 5.38. The molecule has 7 nitrogen and oxygen atoms in total. The first-order valence-electron chi connectivity index (χ1n) is 10.1. The van der Waals surface area contributed by atoms with Crippen LogP contribution in [-0.2, 0) is 4.74 Å². The number of halogens is 1. The molecule has 0 saturated heterocycles. The predicted octanol–water partition coefficient (Wildman–Crippen LogP) is 3.41. The average molecular weight is 407 g/mol. The zero-order valence-electron chi connectivity index (χ0n) is 16.4. The Morgan fingerprint density at radius 3 is 2.79 bits per heavy atom. The standard InChI is InChI=1S/C20H27ClN4O3/c1-9-6-12(26)14-15(23-9)16-19(24-18(14)21)25(8-22-16)17-11-5-4-10(11)7-13(17)28-20(2,3)27/h8-13,17,23,26-27H,4-7H2,1-3H3/t9?,10-,11-,12?,13+,17+/m0/s1. The molecule has 2 aromatic rings. The fourth-order valence-electron chi connectivity index (χ4n) is 5.38. The summed E-state index contributed by atoms with van der Waals surface area (Å²) in [5.41, 5.74) is 2.85. The molecule has 3 heterocycles. The van der Waals surface area contributed by atoms with Crippen molar-refractivity contribution in [2.75, 3.05) is 5.32 Å². The lowest BCUT2D eigenvalue weighted by molar-refractivity contribution is -0.211. The molecule has 8 heteroatoms. The molecule has 0 amide bonds. The molecular formula is C20H27ClN4O3. The fourth-order valence-corrected chi connectivity index (χ4v) is 5.68. The summed E-state index contributed by atoms with van der Waals surface area (Å²) < 4.78 is 8.11. The lowest BCUT2D eigenvalue weighted by atomic mass is 9.75. The molecule has 3 aliphatic rings. The molecule has 2 unspecified atom stereocenters. The van der Waals surface area contributed by atoms with Gasteiger partial charge >= 0.3 is 0 Å². The second-order valence-corrected chi connectivity index (χ2v) is 9.50. The number of aromatic nitrogens is 3. The van der Waals surface area contributed by atoms with Crippen LogP contribution in [0.2, 0.25) is 5.15 Å². The molecule has 1 aliphatic heterocycles. The van der Waals surface area contributed by atoms with Gasteiger partial charge in [0.25, 0.3) is 0 Å². The van der Waals surface area contributed by atoms with Crippen molar-refractivity contribution in [3.63, 3.8) is 0 Å². The summed E-state index contributed by atoms with van der Waals surface area (Å²) in [4.78, 5) is 9.28. The van der Waals surface area contributed by atoms with Crippen molar-refractivity contribution in [2.45, 2.75) is 76.5 Å². The second kappa shape index (κ2) is 6.29. The van der Waals surface area contributed by atoms with Crippen LogP contribution >= 0.6 is 11.6 Å². The summed E-state index contributed by atoms with van der Waals surface area (Å²) in [5, 5.41) is 24.5. The Balaban J connectivity index is 1.62. The highest BCUT2D eigenvalue weighted by molar-refractivity contribution is 6.31. The molecule has 2 aliphatic carbocycles.